The van der Waals surface area contributed by atoms with Gasteiger partial charge in [0.1, 0.15) is 18.7 Å². The number of imide groups is 1. The second-order valence-corrected chi connectivity index (χ2v) is 8.46. The number of rotatable bonds is 7. The summed E-state index contributed by atoms with van der Waals surface area (Å²) in [5, 5.41) is 12.0. The van der Waals surface area contributed by atoms with E-state index in [4.69, 9.17) is 4.74 Å². The van der Waals surface area contributed by atoms with Gasteiger partial charge in [0.2, 0.25) is 5.91 Å². The highest BCUT2D eigenvalue weighted by molar-refractivity contribution is 6.09. The minimum atomic E-state index is -1.41. The predicted octanol–water partition coefficient (Wildman–Crippen LogP) is 2.07. The molecule has 1 saturated heterocycles. The number of H-pyrrole nitrogens is 1. The van der Waals surface area contributed by atoms with Crippen LogP contribution < -0.4 is 5.32 Å². The van der Waals surface area contributed by atoms with Crippen molar-refractivity contribution in [3.05, 3.63) is 77.9 Å². The first kappa shape index (κ1) is 22.3. The number of likely N-dealkylation sites (tertiary alicyclic amines) is 1. The van der Waals surface area contributed by atoms with E-state index >= 15 is 0 Å². The Labute approximate surface area is 199 Å². The van der Waals surface area contributed by atoms with Crippen molar-refractivity contribution in [1.29, 1.82) is 0 Å². The molecular formula is C25H22N4O6. The Morgan fingerprint density at radius 1 is 1.11 bits per heavy atom. The molecule has 2 heterocycles. The van der Waals surface area contributed by atoms with E-state index in [9.17, 15) is 24.3 Å². The molecule has 1 aromatic heterocycles. The maximum Gasteiger partial charge on any atom is 0.407 e. The highest BCUT2D eigenvalue weighted by atomic mass is 16.5. The summed E-state index contributed by atoms with van der Waals surface area (Å²) in [4.78, 5) is 57.0. The van der Waals surface area contributed by atoms with Crippen LogP contribution in [-0.2, 0) is 25.5 Å². The molecule has 3 N–H and O–H groups in total. The number of carbonyl (C=O) groups excluding carboxylic acids is 3. The molecule has 0 saturated carbocycles. The number of imidazole rings is 1. The van der Waals surface area contributed by atoms with Crippen molar-refractivity contribution < 1.29 is 29.0 Å². The lowest BCUT2D eigenvalue weighted by Gasteiger charge is -2.22. The Balaban J connectivity index is 1.24. The third-order valence-electron chi connectivity index (χ3n) is 6.38. The number of fused-ring (bicyclic) bond motifs is 3. The van der Waals surface area contributed by atoms with Gasteiger partial charge in [-0.15, -0.1) is 0 Å². The number of aromatic amines is 1. The third kappa shape index (κ3) is 4.14. The van der Waals surface area contributed by atoms with Gasteiger partial charge in [-0.3, -0.25) is 14.5 Å². The molecule has 0 spiro atoms. The number of ether oxygens (including phenoxy) is 1. The molecule has 1 fully saturated rings. The van der Waals surface area contributed by atoms with E-state index in [1.165, 1.54) is 12.5 Å². The minimum Gasteiger partial charge on any atom is -0.480 e. The lowest BCUT2D eigenvalue weighted by Crippen LogP contribution is -2.49. The van der Waals surface area contributed by atoms with Crippen molar-refractivity contribution in [2.75, 3.05) is 6.61 Å². The van der Waals surface area contributed by atoms with Gasteiger partial charge in [-0.05, 0) is 22.3 Å². The van der Waals surface area contributed by atoms with Crippen molar-refractivity contribution in [2.45, 2.75) is 30.8 Å². The number of nitrogens with zero attached hydrogens (tertiary/aromatic N) is 2. The number of amides is 3. The molecule has 10 heteroatoms. The van der Waals surface area contributed by atoms with Gasteiger partial charge in [0.05, 0.1) is 12.7 Å². The lowest BCUT2D eigenvalue weighted by molar-refractivity contribution is -0.154. The van der Waals surface area contributed by atoms with Crippen LogP contribution >= 0.6 is 0 Å². The molecule has 5 rings (SSSR count). The quantitative estimate of drug-likeness (QED) is 0.445. The summed E-state index contributed by atoms with van der Waals surface area (Å²) >= 11 is 0. The van der Waals surface area contributed by atoms with Crippen molar-refractivity contribution in [1.82, 2.24) is 20.2 Å². The van der Waals surface area contributed by atoms with Gasteiger partial charge in [0.25, 0.3) is 5.91 Å². The SMILES string of the molecule is O=C(NC1CC(=O)N([C@@H](Cc2cnc[nH]2)C(=O)O)C1=O)OCC1c2ccccc2-c2ccccc21. The van der Waals surface area contributed by atoms with Crippen molar-refractivity contribution in [3.63, 3.8) is 0 Å². The molecule has 1 aliphatic carbocycles. The fourth-order valence-corrected chi connectivity index (χ4v) is 4.77. The number of carbonyl (C=O) groups is 4. The number of aromatic nitrogens is 2. The van der Waals surface area contributed by atoms with Crippen LogP contribution in [0, 0.1) is 0 Å². The van der Waals surface area contributed by atoms with Gasteiger partial charge in [-0.25, -0.2) is 14.6 Å². The second-order valence-electron chi connectivity index (χ2n) is 8.46. The Hall–Kier alpha value is -4.47. The van der Waals surface area contributed by atoms with E-state index in [1.807, 2.05) is 48.5 Å². The number of hydrogen-bond acceptors (Lipinski definition) is 6. The zero-order chi connectivity index (χ0) is 24.5. The van der Waals surface area contributed by atoms with Crippen LogP contribution in [0.5, 0.6) is 0 Å². The molecule has 0 radical (unpaired) electrons. The fraction of sp³-hybridized carbons (Fsp3) is 0.240. The van der Waals surface area contributed by atoms with Gasteiger partial charge in [-0.1, -0.05) is 48.5 Å². The van der Waals surface area contributed by atoms with Crippen LogP contribution in [0.3, 0.4) is 0 Å². The summed E-state index contributed by atoms with van der Waals surface area (Å²) in [6.45, 7) is 0.0516. The Bertz CT molecular complexity index is 1260. The van der Waals surface area contributed by atoms with Crippen LogP contribution in [0.25, 0.3) is 11.1 Å². The molecule has 35 heavy (non-hydrogen) atoms. The number of nitrogens with one attached hydrogen (secondary N) is 2. The molecule has 0 bridgehead atoms. The summed E-state index contributed by atoms with van der Waals surface area (Å²) in [5.74, 6) is -2.94. The third-order valence-corrected chi connectivity index (χ3v) is 6.38. The van der Waals surface area contributed by atoms with Crippen LogP contribution in [0.15, 0.2) is 61.1 Å². The monoisotopic (exact) mass is 474 g/mol. The first-order chi connectivity index (χ1) is 16.9. The maximum absolute atomic E-state index is 12.9. The summed E-state index contributed by atoms with van der Waals surface area (Å²) < 4.78 is 5.45. The Morgan fingerprint density at radius 2 is 1.77 bits per heavy atom. The summed E-state index contributed by atoms with van der Waals surface area (Å²) in [5.41, 5.74) is 4.72. The molecule has 10 nitrogen and oxygen atoms in total. The van der Waals surface area contributed by atoms with Crippen molar-refractivity contribution in [3.8, 4) is 11.1 Å². The summed E-state index contributed by atoms with van der Waals surface area (Å²) in [6, 6.07) is 13.2. The number of carboxylic acids is 1. The Kier molecular flexibility index (Phi) is 5.77. The van der Waals surface area contributed by atoms with E-state index in [0.29, 0.717) is 10.6 Å². The van der Waals surface area contributed by atoms with Crippen LogP contribution in [-0.4, -0.2) is 62.5 Å². The van der Waals surface area contributed by atoms with E-state index < -0.39 is 36.0 Å². The average Bonchev–Trinajstić information content (AvgIpc) is 3.54. The van der Waals surface area contributed by atoms with E-state index in [-0.39, 0.29) is 25.4 Å². The molecule has 1 aliphatic heterocycles. The molecular weight excluding hydrogens is 452 g/mol. The molecule has 2 atom stereocenters. The number of hydrogen-bond donors (Lipinski definition) is 3. The van der Waals surface area contributed by atoms with Crippen LogP contribution in [0.2, 0.25) is 0 Å². The van der Waals surface area contributed by atoms with E-state index in [2.05, 4.69) is 15.3 Å². The average molecular weight is 474 g/mol. The van der Waals surface area contributed by atoms with Gasteiger partial charge in [0.15, 0.2) is 0 Å². The van der Waals surface area contributed by atoms with E-state index in [0.717, 1.165) is 22.3 Å². The van der Waals surface area contributed by atoms with Gasteiger partial charge >= 0.3 is 12.1 Å². The van der Waals surface area contributed by atoms with Crippen molar-refractivity contribution >= 4 is 23.9 Å². The smallest absolute Gasteiger partial charge is 0.407 e. The van der Waals surface area contributed by atoms with E-state index in [1.54, 1.807) is 0 Å². The standard InChI is InChI=1S/C25H22N4O6/c30-22-10-20(23(31)29(22)21(24(32)33)9-14-11-26-13-27-14)28-25(34)35-12-19-17-7-3-1-5-15(17)16-6-2-4-8-18(16)19/h1-8,11,13,19-21H,9-10,12H2,(H,26,27)(H,28,34)(H,32,33)/t20?,21-/m0/s1. The largest absolute Gasteiger partial charge is 0.480 e. The van der Waals surface area contributed by atoms with Gasteiger partial charge < -0.3 is 20.1 Å². The second kappa shape index (κ2) is 9.05. The van der Waals surface area contributed by atoms with Gasteiger partial charge in [-0.2, -0.15) is 0 Å². The lowest BCUT2D eigenvalue weighted by atomic mass is 9.98. The van der Waals surface area contributed by atoms with Gasteiger partial charge in [0, 0.05) is 24.2 Å². The molecule has 2 aromatic carbocycles. The predicted molar refractivity (Wildman–Crippen MR) is 122 cm³/mol. The minimum absolute atomic E-state index is 0.0516. The maximum atomic E-state index is 12.9. The first-order valence-corrected chi connectivity index (χ1v) is 11.1. The number of carboxylic acid groups (broad SMARTS) is 1. The summed E-state index contributed by atoms with van der Waals surface area (Å²) in [7, 11) is 0. The zero-order valence-corrected chi connectivity index (χ0v) is 18.5. The molecule has 178 valence electrons. The summed E-state index contributed by atoms with van der Waals surface area (Å²) in [6.07, 6.45) is 1.50. The molecule has 2 aliphatic rings. The van der Waals surface area contributed by atoms with Crippen LogP contribution in [0.1, 0.15) is 29.2 Å². The highest BCUT2D eigenvalue weighted by Crippen LogP contribution is 2.44. The fourth-order valence-electron chi connectivity index (χ4n) is 4.77. The number of alkyl carbamates (subject to hydrolysis) is 1. The molecule has 3 amide bonds. The topological polar surface area (TPSA) is 142 Å². The Morgan fingerprint density at radius 3 is 2.37 bits per heavy atom. The van der Waals surface area contributed by atoms with Crippen LogP contribution in [0.4, 0.5) is 4.79 Å². The molecule has 3 aromatic rings. The molecule has 1 unspecified atom stereocenters. The first-order valence-electron chi connectivity index (χ1n) is 11.1. The normalized spacial score (nSPS) is 17.7. The zero-order valence-electron chi connectivity index (χ0n) is 18.5. The van der Waals surface area contributed by atoms with Crippen molar-refractivity contribution in [2.24, 2.45) is 0 Å². The number of benzene rings is 2. The highest BCUT2D eigenvalue weighted by Gasteiger charge is 2.46. The number of aliphatic carboxylic acids is 1.